The molecule has 0 saturated heterocycles. The summed E-state index contributed by atoms with van der Waals surface area (Å²) in [7, 11) is 1.61. The van der Waals surface area contributed by atoms with E-state index in [1.165, 1.54) is 5.56 Å². The molecule has 1 aromatic heterocycles. The predicted octanol–water partition coefficient (Wildman–Crippen LogP) is 6.20. The first-order valence-electron chi connectivity index (χ1n) is 8.05. The topological polar surface area (TPSA) is 67.3 Å². The number of rotatable bonds is 5. The number of furan rings is 1. The quantitative estimate of drug-likeness (QED) is 0.564. The van der Waals surface area contributed by atoms with Crippen molar-refractivity contribution in [1.82, 2.24) is 0 Å². The first kappa shape index (κ1) is 16.8. The molecule has 25 heavy (non-hydrogen) atoms. The van der Waals surface area contributed by atoms with Gasteiger partial charge in [0, 0.05) is 11.6 Å². The van der Waals surface area contributed by atoms with E-state index in [1.807, 2.05) is 12.1 Å². The zero-order valence-electron chi connectivity index (χ0n) is 14.4. The van der Waals surface area contributed by atoms with E-state index in [0.29, 0.717) is 23.1 Å². The van der Waals surface area contributed by atoms with Gasteiger partial charge < -0.3 is 14.3 Å². The molecule has 0 saturated carbocycles. The van der Waals surface area contributed by atoms with Crippen LogP contribution in [0.4, 0.5) is 11.4 Å². The molecule has 128 valence electrons. The monoisotopic (exact) mass is 336 g/mol. The molecule has 5 nitrogen and oxygen atoms in total. The highest BCUT2D eigenvalue weighted by Crippen LogP contribution is 2.37. The average molecular weight is 336 g/mol. The summed E-state index contributed by atoms with van der Waals surface area (Å²) in [4.78, 5) is 0. The third-order valence-corrected chi connectivity index (χ3v) is 3.90. The van der Waals surface area contributed by atoms with Crippen molar-refractivity contribution in [3.05, 3.63) is 60.2 Å². The second-order valence-electron chi connectivity index (χ2n) is 5.98. The van der Waals surface area contributed by atoms with Gasteiger partial charge in [-0.15, -0.1) is 5.11 Å². The van der Waals surface area contributed by atoms with E-state index >= 15 is 0 Å². The van der Waals surface area contributed by atoms with Crippen LogP contribution in [0.3, 0.4) is 0 Å². The number of hydrogen-bond acceptors (Lipinski definition) is 5. The molecule has 0 unspecified atom stereocenters. The summed E-state index contributed by atoms with van der Waals surface area (Å²) < 4.78 is 10.5. The van der Waals surface area contributed by atoms with E-state index in [-0.39, 0.29) is 5.95 Å². The van der Waals surface area contributed by atoms with Gasteiger partial charge in [-0.2, -0.15) is 5.11 Å². The Kier molecular flexibility index (Phi) is 4.84. The first-order chi connectivity index (χ1) is 12.1. The van der Waals surface area contributed by atoms with Crippen molar-refractivity contribution in [3.63, 3.8) is 0 Å². The number of nitrogens with zero attached hydrogens (tertiary/aromatic N) is 2. The van der Waals surface area contributed by atoms with Crippen LogP contribution < -0.4 is 4.74 Å². The Morgan fingerprint density at radius 1 is 0.960 bits per heavy atom. The lowest BCUT2D eigenvalue weighted by Gasteiger charge is -2.05. The van der Waals surface area contributed by atoms with Gasteiger partial charge in [-0.3, -0.25) is 0 Å². The minimum atomic E-state index is -0.250. The summed E-state index contributed by atoms with van der Waals surface area (Å²) in [5.41, 5.74) is 3.08. The van der Waals surface area contributed by atoms with E-state index < -0.39 is 0 Å². The minimum Gasteiger partial charge on any atom is -0.497 e. The number of ether oxygens (including phenoxy) is 1. The molecule has 3 aromatic rings. The molecule has 0 spiro atoms. The Hall–Kier alpha value is -3.08. The molecule has 0 amide bonds. The molecule has 1 heterocycles. The fourth-order valence-electron chi connectivity index (χ4n) is 2.38. The van der Waals surface area contributed by atoms with Crippen LogP contribution >= 0.6 is 0 Å². The number of benzene rings is 2. The normalized spacial score (nSPS) is 11.4. The van der Waals surface area contributed by atoms with Crippen LogP contribution in [0.25, 0.3) is 11.3 Å². The summed E-state index contributed by atoms with van der Waals surface area (Å²) >= 11 is 0. The van der Waals surface area contributed by atoms with Crippen molar-refractivity contribution in [2.45, 2.75) is 19.8 Å². The van der Waals surface area contributed by atoms with Crippen molar-refractivity contribution in [3.8, 4) is 23.0 Å². The number of azo groups is 1. The lowest BCUT2D eigenvalue weighted by Crippen LogP contribution is -1.85. The van der Waals surface area contributed by atoms with Crippen molar-refractivity contribution in [1.29, 1.82) is 0 Å². The molecule has 3 rings (SSSR count). The summed E-state index contributed by atoms with van der Waals surface area (Å²) in [5.74, 6) is 1.52. The van der Waals surface area contributed by atoms with Gasteiger partial charge in [-0.1, -0.05) is 38.1 Å². The molecule has 0 bridgehead atoms. The molecular weight excluding hydrogens is 316 g/mol. The lowest BCUT2D eigenvalue weighted by atomic mass is 10.0. The van der Waals surface area contributed by atoms with E-state index in [4.69, 9.17) is 9.15 Å². The maximum atomic E-state index is 9.96. The second kappa shape index (κ2) is 7.21. The molecule has 0 aliphatic heterocycles. The third kappa shape index (κ3) is 3.88. The van der Waals surface area contributed by atoms with E-state index in [9.17, 15) is 5.11 Å². The van der Waals surface area contributed by atoms with Gasteiger partial charge >= 0.3 is 5.95 Å². The zero-order chi connectivity index (χ0) is 17.8. The second-order valence-corrected chi connectivity index (χ2v) is 5.98. The highest BCUT2D eigenvalue weighted by Gasteiger charge is 2.12. The molecule has 0 fully saturated rings. The molecule has 0 radical (unpaired) electrons. The van der Waals surface area contributed by atoms with Gasteiger partial charge in [-0.25, -0.2) is 0 Å². The molecule has 0 aliphatic rings. The van der Waals surface area contributed by atoms with Crippen molar-refractivity contribution in [2.75, 3.05) is 7.11 Å². The predicted molar refractivity (Wildman–Crippen MR) is 97.1 cm³/mol. The Bertz CT molecular complexity index is 863. The third-order valence-electron chi connectivity index (χ3n) is 3.90. The molecular formula is C20H20N2O3. The molecule has 0 aliphatic carbocycles. The highest BCUT2D eigenvalue weighted by molar-refractivity contribution is 5.65. The van der Waals surface area contributed by atoms with Gasteiger partial charge in [-0.05, 0) is 35.7 Å². The highest BCUT2D eigenvalue weighted by atomic mass is 16.5. The molecule has 1 N–H and O–H groups in total. The standard InChI is InChI=1S/C20H20N2O3/c1-13(2)14-4-6-15(7-5-14)19-12-18(20(23)25-19)22-21-16-8-10-17(24-3)11-9-16/h4-13,23H,1-3H3. The Morgan fingerprint density at radius 2 is 1.64 bits per heavy atom. The summed E-state index contributed by atoms with van der Waals surface area (Å²) in [6.45, 7) is 4.29. The fraction of sp³-hybridized carbons (Fsp3) is 0.200. The summed E-state index contributed by atoms with van der Waals surface area (Å²) in [6, 6.07) is 16.9. The van der Waals surface area contributed by atoms with Crippen LogP contribution in [-0.4, -0.2) is 12.2 Å². The number of methoxy groups -OCH3 is 1. The van der Waals surface area contributed by atoms with Crippen molar-refractivity contribution < 1.29 is 14.3 Å². The Morgan fingerprint density at radius 3 is 2.24 bits per heavy atom. The van der Waals surface area contributed by atoms with Crippen LogP contribution in [0.1, 0.15) is 25.3 Å². The smallest absolute Gasteiger partial charge is 0.311 e. The van der Waals surface area contributed by atoms with E-state index in [2.05, 4.69) is 36.2 Å². The van der Waals surface area contributed by atoms with Crippen LogP contribution in [0.5, 0.6) is 11.7 Å². The fourth-order valence-corrected chi connectivity index (χ4v) is 2.38. The maximum absolute atomic E-state index is 9.96. The van der Waals surface area contributed by atoms with Gasteiger partial charge in [0.2, 0.25) is 0 Å². The molecule has 0 atom stereocenters. The lowest BCUT2D eigenvalue weighted by molar-refractivity contribution is 0.339. The van der Waals surface area contributed by atoms with Gasteiger partial charge in [0.15, 0.2) is 5.69 Å². The largest absolute Gasteiger partial charge is 0.497 e. The number of hydrogen-bond donors (Lipinski definition) is 1. The van der Waals surface area contributed by atoms with E-state index in [0.717, 1.165) is 11.3 Å². The molecule has 5 heteroatoms. The summed E-state index contributed by atoms with van der Waals surface area (Å²) in [6.07, 6.45) is 0. The minimum absolute atomic E-state index is 0.250. The maximum Gasteiger partial charge on any atom is 0.311 e. The average Bonchev–Trinajstić information content (AvgIpc) is 3.01. The van der Waals surface area contributed by atoms with Gasteiger partial charge in [0.25, 0.3) is 0 Å². The summed E-state index contributed by atoms with van der Waals surface area (Å²) in [5, 5.41) is 18.1. The van der Waals surface area contributed by atoms with Gasteiger partial charge in [0.1, 0.15) is 11.5 Å². The Labute approximate surface area is 146 Å². The van der Waals surface area contributed by atoms with Crippen LogP contribution in [0.15, 0.2) is 69.2 Å². The Balaban J connectivity index is 1.80. The first-order valence-corrected chi connectivity index (χ1v) is 8.05. The van der Waals surface area contributed by atoms with Crippen LogP contribution in [-0.2, 0) is 0 Å². The van der Waals surface area contributed by atoms with Crippen LogP contribution in [0, 0.1) is 0 Å². The zero-order valence-corrected chi connectivity index (χ0v) is 14.4. The van der Waals surface area contributed by atoms with E-state index in [1.54, 1.807) is 37.4 Å². The van der Waals surface area contributed by atoms with Crippen molar-refractivity contribution >= 4 is 11.4 Å². The van der Waals surface area contributed by atoms with Crippen LogP contribution in [0.2, 0.25) is 0 Å². The SMILES string of the molecule is COc1ccc(N=Nc2cc(-c3ccc(C(C)C)cc3)oc2O)cc1. The van der Waals surface area contributed by atoms with Gasteiger partial charge in [0.05, 0.1) is 12.8 Å². The number of aromatic hydroxyl groups is 1. The van der Waals surface area contributed by atoms with Crippen molar-refractivity contribution in [2.24, 2.45) is 10.2 Å². The molecule has 2 aromatic carbocycles.